The molecule has 0 radical (unpaired) electrons. The molecule has 1 aromatic rings. The third kappa shape index (κ3) is 3.27. The number of thiazole rings is 1. The monoisotopic (exact) mass is 254 g/mol. The molecule has 1 saturated heterocycles. The molecule has 1 aliphatic rings. The number of hydrogen-bond acceptors (Lipinski definition) is 4. The fourth-order valence-corrected chi connectivity index (χ4v) is 3.43. The van der Waals surface area contributed by atoms with Crippen LogP contribution in [0.1, 0.15) is 36.1 Å². The van der Waals surface area contributed by atoms with Crippen molar-refractivity contribution in [3.05, 3.63) is 16.1 Å². The van der Waals surface area contributed by atoms with Crippen LogP contribution in [-0.4, -0.2) is 41.2 Å². The minimum absolute atomic E-state index is 0.217. The second-order valence-electron chi connectivity index (χ2n) is 4.99. The van der Waals surface area contributed by atoms with Gasteiger partial charge in [0.15, 0.2) is 0 Å². The molecule has 2 heterocycles. The maximum absolute atomic E-state index is 9.12. The van der Waals surface area contributed by atoms with Crippen LogP contribution >= 0.6 is 11.3 Å². The van der Waals surface area contributed by atoms with E-state index in [0.717, 1.165) is 12.3 Å². The standard InChI is InChI=1S/C13H22N2OS/c1-3-15-5-4-11(8-15)6-13-14-7-12(17-13)10(2)9-16/h7,10-11,16H,3-6,8-9H2,1-2H3. The average molecular weight is 254 g/mol. The predicted octanol–water partition coefficient (Wildman–Crippen LogP) is 2.12. The smallest absolute Gasteiger partial charge is 0.0931 e. The minimum atomic E-state index is 0.217. The third-order valence-electron chi connectivity index (χ3n) is 3.61. The SMILES string of the molecule is CCN1CCC(Cc2ncc(C(C)CO)s2)C1. The Bertz CT molecular complexity index is 353. The Hall–Kier alpha value is -0.450. The summed E-state index contributed by atoms with van der Waals surface area (Å²) < 4.78 is 0. The third-order valence-corrected chi connectivity index (χ3v) is 4.86. The van der Waals surface area contributed by atoms with Gasteiger partial charge in [0.25, 0.3) is 0 Å². The zero-order chi connectivity index (χ0) is 12.3. The molecule has 0 amide bonds. The van der Waals surface area contributed by atoms with Gasteiger partial charge in [0.05, 0.1) is 11.6 Å². The van der Waals surface area contributed by atoms with Crippen molar-refractivity contribution in [2.75, 3.05) is 26.2 Å². The van der Waals surface area contributed by atoms with E-state index in [1.54, 1.807) is 11.3 Å². The van der Waals surface area contributed by atoms with Gasteiger partial charge in [-0.15, -0.1) is 11.3 Å². The van der Waals surface area contributed by atoms with Crippen LogP contribution in [0, 0.1) is 5.92 Å². The number of hydrogen-bond donors (Lipinski definition) is 1. The Kier molecular flexibility index (Phi) is 4.54. The number of nitrogens with zero attached hydrogens (tertiary/aromatic N) is 2. The largest absolute Gasteiger partial charge is 0.396 e. The molecule has 2 unspecified atom stereocenters. The molecular weight excluding hydrogens is 232 g/mol. The van der Waals surface area contributed by atoms with Crippen LogP contribution < -0.4 is 0 Å². The predicted molar refractivity (Wildman–Crippen MR) is 71.5 cm³/mol. The molecule has 3 nitrogen and oxygen atoms in total. The summed E-state index contributed by atoms with van der Waals surface area (Å²) in [4.78, 5) is 8.21. The molecule has 2 rings (SSSR count). The Balaban J connectivity index is 1.89. The first-order chi connectivity index (χ1) is 8.22. The summed E-state index contributed by atoms with van der Waals surface area (Å²) in [5.41, 5.74) is 0. The first-order valence-electron chi connectivity index (χ1n) is 6.50. The first kappa shape index (κ1) is 13.0. The summed E-state index contributed by atoms with van der Waals surface area (Å²) in [5, 5.41) is 10.4. The quantitative estimate of drug-likeness (QED) is 0.874. The highest BCUT2D eigenvalue weighted by Gasteiger charge is 2.22. The molecule has 2 atom stereocenters. The number of rotatable bonds is 5. The van der Waals surface area contributed by atoms with Gasteiger partial charge >= 0.3 is 0 Å². The average Bonchev–Trinajstić information content (AvgIpc) is 2.97. The molecule has 17 heavy (non-hydrogen) atoms. The van der Waals surface area contributed by atoms with Crippen molar-refractivity contribution in [3.63, 3.8) is 0 Å². The van der Waals surface area contributed by atoms with Gasteiger partial charge in [0, 0.05) is 30.0 Å². The molecule has 0 aromatic carbocycles. The van der Waals surface area contributed by atoms with E-state index in [1.807, 2.05) is 13.1 Å². The van der Waals surface area contributed by atoms with Gasteiger partial charge in [-0.1, -0.05) is 13.8 Å². The van der Waals surface area contributed by atoms with Crippen LogP contribution in [0.4, 0.5) is 0 Å². The van der Waals surface area contributed by atoms with Crippen LogP contribution in [-0.2, 0) is 6.42 Å². The fourth-order valence-electron chi connectivity index (χ4n) is 2.35. The van der Waals surface area contributed by atoms with Gasteiger partial charge in [-0.3, -0.25) is 0 Å². The summed E-state index contributed by atoms with van der Waals surface area (Å²) in [7, 11) is 0. The zero-order valence-corrected chi connectivity index (χ0v) is 11.5. The molecule has 96 valence electrons. The molecule has 4 heteroatoms. The van der Waals surface area contributed by atoms with Crippen LogP contribution in [0.5, 0.6) is 0 Å². The maximum Gasteiger partial charge on any atom is 0.0931 e. The summed E-state index contributed by atoms with van der Waals surface area (Å²) in [6.45, 7) is 8.13. The number of aliphatic hydroxyl groups is 1. The van der Waals surface area contributed by atoms with E-state index in [0.29, 0.717) is 0 Å². The van der Waals surface area contributed by atoms with Gasteiger partial charge < -0.3 is 10.0 Å². The second-order valence-corrected chi connectivity index (χ2v) is 6.14. The van der Waals surface area contributed by atoms with Crippen LogP contribution in [0.25, 0.3) is 0 Å². The topological polar surface area (TPSA) is 36.4 Å². The highest BCUT2D eigenvalue weighted by atomic mass is 32.1. The van der Waals surface area contributed by atoms with Crippen molar-refractivity contribution in [1.29, 1.82) is 0 Å². The lowest BCUT2D eigenvalue weighted by Crippen LogP contribution is -2.20. The van der Waals surface area contributed by atoms with Gasteiger partial charge in [0.2, 0.25) is 0 Å². The van der Waals surface area contributed by atoms with Gasteiger partial charge in [0.1, 0.15) is 0 Å². The van der Waals surface area contributed by atoms with Crippen molar-refractivity contribution in [2.45, 2.75) is 32.6 Å². The molecule has 1 N–H and O–H groups in total. The van der Waals surface area contributed by atoms with Crippen LogP contribution in [0.15, 0.2) is 6.20 Å². The fraction of sp³-hybridized carbons (Fsp3) is 0.769. The van der Waals surface area contributed by atoms with E-state index < -0.39 is 0 Å². The van der Waals surface area contributed by atoms with Crippen LogP contribution in [0.2, 0.25) is 0 Å². The van der Waals surface area contributed by atoms with Crippen molar-refractivity contribution < 1.29 is 5.11 Å². The van der Waals surface area contributed by atoms with Crippen molar-refractivity contribution in [3.8, 4) is 0 Å². The number of likely N-dealkylation sites (tertiary alicyclic amines) is 1. The maximum atomic E-state index is 9.12. The Morgan fingerprint density at radius 3 is 3.12 bits per heavy atom. The highest BCUT2D eigenvalue weighted by molar-refractivity contribution is 7.11. The Labute approximate surface area is 107 Å². The summed E-state index contributed by atoms with van der Waals surface area (Å²) >= 11 is 1.77. The van der Waals surface area contributed by atoms with Gasteiger partial charge in [-0.2, -0.15) is 0 Å². The van der Waals surface area contributed by atoms with E-state index in [-0.39, 0.29) is 12.5 Å². The number of aliphatic hydroxyl groups excluding tert-OH is 1. The van der Waals surface area contributed by atoms with Crippen molar-refractivity contribution in [2.24, 2.45) is 5.92 Å². The van der Waals surface area contributed by atoms with Gasteiger partial charge in [-0.25, -0.2) is 4.98 Å². The first-order valence-corrected chi connectivity index (χ1v) is 7.32. The Morgan fingerprint density at radius 1 is 1.65 bits per heavy atom. The zero-order valence-electron chi connectivity index (χ0n) is 10.7. The second kappa shape index (κ2) is 5.94. The Morgan fingerprint density at radius 2 is 2.47 bits per heavy atom. The molecule has 0 spiro atoms. The van der Waals surface area contributed by atoms with Crippen molar-refractivity contribution >= 4 is 11.3 Å². The summed E-state index contributed by atoms with van der Waals surface area (Å²) in [6, 6.07) is 0. The van der Waals surface area contributed by atoms with E-state index in [4.69, 9.17) is 5.11 Å². The van der Waals surface area contributed by atoms with E-state index in [2.05, 4.69) is 16.8 Å². The molecular formula is C13H22N2OS. The normalized spacial score (nSPS) is 23.1. The van der Waals surface area contributed by atoms with E-state index in [9.17, 15) is 0 Å². The molecule has 1 fully saturated rings. The molecule has 0 bridgehead atoms. The molecule has 0 aliphatic carbocycles. The molecule has 1 aromatic heterocycles. The lowest BCUT2D eigenvalue weighted by molar-refractivity contribution is 0.274. The minimum Gasteiger partial charge on any atom is -0.396 e. The molecule has 1 aliphatic heterocycles. The van der Waals surface area contributed by atoms with Gasteiger partial charge in [-0.05, 0) is 25.4 Å². The van der Waals surface area contributed by atoms with E-state index >= 15 is 0 Å². The molecule has 0 saturated carbocycles. The lowest BCUT2D eigenvalue weighted by atomic mass is 10.1. The summed E-state index contributed by atoms with van der Waals surface area (Å²) in [6.07, 6.45) is 4.35. The number of aromatic nitrogens is 1. The van der Waals surface area contributed by atoms with E-state index in [1.165, 1.54) is 35.9 Å². The summed E-state index contributed by atoms with van der Waals surface area (Å²) in [5.74, 6) is 1.01. The van der Waals surface area contributed by atoms with Crippen LogP contribution in [0.3, 0.4) is 0 Å². The van der Waals surface area contributed by atoms with Crippen molar-refractivity contribution in [1.82, 2.24) is 9.88 Å². The lowest BCUT2D eigenvalue weighted by Gasteiger charge is -2.11. The highest BCUT2D eigenvalue weighted by Crippen LogP contribution is 2.26.